The molecule has 0 aromatic heterocycles. The van der Waals surface area contributed by atoms with Gasteiger partial charge in [-0.15, -0.1) is 0 Å². The van der Waals surface area contributed by atoms with Crippen molar-refractivity contribution in [2.24, 2.45) is 5.92 Å². The van der Waals surface area contributed by atoms with Gasteiger partial charge in [0.1, 0.15) is 13.2 Å². The molecule has 0 aliphatic rings. The summed E-state index contributed by atoms with van der Waals surface area (Å²) in [6.45, 7) is 9.03. The lowest BCUT2D eigenvalue weighted by Gasteiger charge is -2.18. The molecule has 386 valence electrons. The Labute approximate surface area is 406 Å². The maximum absolute atomic E-state index is 12.8. The van der Waals surface area contributed by atoms with E-state index in [1.165, 1.54) is 231 Å². The van der Waals surface area contributed by atoms with Crippen molar-refractivity contribution < 1.29 is 28.6 Å². The van der Waals surface area contributed by atoms with Gasteiger partial charge in [-0.1, -0.05) is 297 Å². The van der Waals surface area contributed by atoms with Crippen LogP contribution in [0.2, 0.25) is 0 Å². The highest BCUT2D eigenvalue weighted by Gasteiger charge is 2.19. The van der Waals surface area contributed by atoms with E-state index >= 15 is 0 Å². The summed E-state index contributed by atoms with van der Waals surface area (Å²) >= 11 is 0. The van der Waals surface area contributed by atoms with E-state index in [1.54, 1.807) is 0 Å². The summed E-state index contributed by atoms with van der Waals surface area (Å²) in [5.41, 5.74) is 0. The van der Waals surface area contributed by atoms with Gasteiger partial charge in [0, 0.05) is 19.3 Å². The zero-order chi connectivity index (χ0) is 47.4. The second kappa shape index (κ2) is 53.4. The van der Waals surface area contributed by atoms with Gasteiger partial charge in [-0.25, -0.2) is 0 Å². The van der Waals surface area contributed by atoms with E-state index in [-0.39, 0.29) is 31.1 Å². The number of esters is 3. The molecule has 0 rings (SSSR count). The Morgan fingerprint density at radius 1 is 0.308 bits per heavy atom. The number of carbonyl (C=O) groups excluding carboxylic acids is 3. The lowest BCUT2D eigenvalue weighted by Crippen LogP contribution is -2.30. The summed E-state index contributed by atoms with van der Waals surface area (Å²) in [6.07, 6.45) is 58.2. The summed E-state index contributed by atoms with van der Waals surface area (Å²) in [6, 6.07) is 0. The number of ether oxygens (including phenoxy) is 3. The van der Waals surface area contributed by atoms with Gasteiger partial charge in [-0.05, 0) is 25.2 Å². The van der Waals surface area contributed by atoms with Crippen LogP contribution in [0.25, 0.3) is 0 Å². The molecule has 6 heteroatoms. The van der Waals surface area contributed by atoms with Crippen LogP contribution in [0.15, 0.2) is 0 Å². The summed E-state index contributed by atoms with van der Waals surface area (Å²) in [5.74, 6) is -0.0253. The molecule has 0 saturated carbocycles. The first-order chi connectivity index (χ1) is 31.9. The Morgan fingerprint density at radius 2 is 0.538 bits per heavy atom. The van der Waals surface area contributed by atoms with Gasteiger partial charge in [0.05, 0.1) is 0 Å². The first-order valence-corrected chi connectivity index (χ1v) is 29.4. The fourth-order valence-corrected chi connectivity index (χ4v) is 9.07. The minimum Gasteiger partial charge on any atom is -0.462 e. The van der Waals surface area contributed by atoms with Crippen molar-refractivity contribution >= 4 is 17.9 Å². The van der Waals surface area contributed by atoms with Crippen LogP contribution in [0.3, 0.4) is 0 Å². The highest BCUT2D eigenvalue weighted by molar-refractivity contribution is 5.71. The van der Waals surface area contributed by atoms with Crippen molar-refractivity contribution in [1.29, 1.82) is 0 Å². The molecule has 0 fully saturated rings. The fraction of sp³-hybridized carbons (Fsp3) is 0.949. The van der Waals surface area contributed by atoms with Crippen LogP contribution in [0.4, 0.5) is 0 Å². The molecule has 0 amide bonds. The molecular weight excluding hydrogens is 805 g/mol. The molecule has 0 aliphatic heterocycles. The monoisotopic (exact) mass is 919 g/mol. The Morgan fingerprint density at radius 3 is 0.800 bits per heavy atom. The van der Waals surface area contributed by atoms with E-state index in [9.17, 15) is 14.4 Å². The van der Waals surface area contributed by atoms with Crippen LogP contribution in [0.1, 0.15) is 336 Å². The van der Waals surface area contributed by atoms with Gasteiger partial charge < -0.3 is 14.2 Å². The highest BCUT2D eigenvalue weighted by Crippen LogP contribution is 2.18. The molecule has 6 nitrogen and oxygen atoms in total. The van der Waals surface area contributed by atoms with E-state index in [4.69, 9.17) is 14.2 Å². The molecule has 0 heterocycles. The third kappa shape index (κ3) is 51.6. The van der Waals surface area contributed by atoms with Gasteiger partial charge in [0.15, 0.2) is 6.10 Å². The van der Waals surface area contributed by atoms with E-state index in [0.717, 1.165) is 63.7 Å². The van der Waals surface area contributed by atoms with E-state index in [0.29, 0.717) is 19.3 Å². The Kier molecular flexibility index (Phi) is 52.1. The average molecular weight is 920 g/mol. The van der Waals surface area contributed by atoms with Gasteiger partial charge >= 0.3 is 17.9 Å². The van der Waals surface area contributed by atoms with Crippen molar-refractivity contribution in [2.45, 2.75) is 342 Å². The molecule has 0 bridgehead atoms. The number of rotatable bonds is 54. The number of hydrogen-bond acceptors (Lipinski definition) is 6. The Bertz CT molecular complexity index is 982. The van der Waals surface area contributed by atoms with Crippen LogP contribution in [0.5, 0.6) is 0 Å². The van der Waals surface area contributed by atoms with Gasteiger partial charge in [0.25, 0.3) is 0 Å². The van der Waals surface area contributed by atoms with Crippen LogP contribution in [-0.2, 0) is 28.6 Å². The SMILES string of the molecule is CCCCCCCCCCCCCCCCCCCCCC(=O)O[C@H](COC(=O)CCCCCCCCCCCCCCCCCCCC)COC(=O)CCCCCCCCC(C)CC. The molecule has 0 spiro atoms. The molecule has 65 heavy (non-hydrogen) atoms. The quantitative estimate of drug-likeness (QED) is 0.0344. The third-order valence-electron chi connectivity index (χ3n) is 13.9. The second-order valence-corrected chi connectivity index (χ2v) is 20.5. The van der Waals surface area contributed by atoms with Gasteiger partial charge in [-0.2, -0.15) is 0 Å². The van der Waals surface area contributed by atoms with E-state index in [2.05, 4.69) is 27.7 Å². The van der Waals surface area contributed by atoms with Crippen LogP contribution < -0.4 is 0 Å². The molecule has 0 radical (unpaired) electrons. The third-order valence-corrected chi connectivity index (χ3v) is 13.9. The molecule has 0 saturated heterocycles. The first kappa shape index (κ1) is 63.4. The van der Waals surface area contributed by atoms with Gasteiger partial charge in [0.2, 0.25) is 0 Å². The zero-order valence-electron chi connectivity index (χ0n) is 44.5. The standard InChI is InChI=1S/C59H114O6/c1-5-8-10-12-14-16-18-20-22-24-26-28-30-32-34-36-38-44-48-52-59(62)65-56(54-64-58(61)51-47-43-40-39-41-45-49-55(4)7-3)53-63-57(60)50-46-42-37-35-33-31-29-27-25-23-21-19-17-15-13-11-9-6-2/h55-56H,5-54H2,1-4H3/t55?,56-/m1/s1. The van der Waals surface area contributed by atoms with Crippen molar-refractivity contribution in [1.82, 2.24) is 0 Å². The molecule has 1 unspecified atom stereocenters. The predicted octanol–water partition coefficient (Wildman–Crippen LogP) is 19.4. The van der Waals surface area contributed by atoms with Gasteiger partial charge in [-0.3, -0.25) is 14.4 Å². The van der Waals surface area contributed by atoms with Crippen LogP contribution in [0, 0.1) is 5.92 Å². The smallest absolute Gasteiger partial charge is 0.306 e. The molecule has 2 atom stereocenters. The van der Waals surface area contributed by atoms with Crippen molar-refractivity contribution in [3.63, 3.8) is 0 Å². The first-order valence-electron chi connectivity index (χ1n) is 29.4. The maximum Gasteiger partial charge on any atom is 0.306 e. The van der Waals surface area contributed by atoms with E-state index < -0.39 is 6.10 Å². The highest BCUT2D eigenvalue weighted by atomic mass is 16.6. The summed E-state index contributed by atoms with van der Waals surface area (Å²) in [5, 5.41) is 0. The molecule has 0 aliphatic carbocycles. The largest absolute Gasteiger partial charge is 0.462 e. The van der Waals surface area contributed by atoms with Crippen LogP contribution in [-0.4, -0.2) is 37.2 Å². The van der Waals surface area contributed by atoms with Crippen molar-refractivity contribution in [3.8, 4) is 0 Å². The minimum absolute atomic E-state index is 0.0628. The topological polar surface area (TPSA) is 78.9 Å². The molecule has 0 aromatic rings. The summed E-state index contributed by atoms with van der Waals surface area (Å²) in [4.78, 5) is 38.1. The predicted molar refractivity (Wildman–Crippen MR) is 280 cm³/mol. The summed E-state index contributed by atoms with van der Waals surface area (Å²) < 4.78 is 16.9. The zero-order valence-corrected chi connectivity index (χ0v) is 44.5. The van der Waals surface area contributed by atoms with Crippen LogP contribution >= 0.6 is 0 Å². The Hall–Kier alpha value is -1.59. The summed E-state index contributed by atoms with van der Waals surface area (Å²) in [7, 11) is 0. The number of hydrogen-bond donors (Lipinski definition) is 0. The fourth-order valence-electron chi connectivity index (χ4n) is 9.07. The molecule has 0 N–H and O–H groups in total. The molecular formula is C59H114O6. The minimum atomic E-state index is -0.762. The lowest BCUT2D eigenvalue weighted by atomic mass is 10.00. The average Bonchev–Trinajstić information content (AvgIpc) is 3.30. The number of unbranched alkanes of at least 4 members (excludes halogenated alkanes) is 40. The van der Waals surface area contributed by atoms with Crippen molar-refractivity contribution in [2.75, 3.05) is 13.2 Å². The second-order valence-electron chi connectivity index (χ2n) is 20.5. The maximum atomic E-state index is 12.8. The number of carbonyl (C=O) groups is 3. The Balaban J connectivity index is 4.23. The van der Waals surface area contributed by atoms with Crippen molar-refractivity contribution in [3.05, 3.63) is 0 Å². The lowest BCUT2D eigenvalue weighted by molar-refractivity contribution is -0.167. The molecule has 0 aromatic carbocycles. The van der Waals surface area contributed by atoms with E-state index in [1.807, 2.05) is 0 Å². The normalized spacial score (nSPS) is 12.4.